The van der Waals surface area contributed by atoms with E-state index in [-0.39, 0.29) is 5.56 Å². The molecule has 6 heteroatoms. The molecule has 1 amide bonds. The molecule has 0 aromatic heterocycles. The number of benzene rings is 2. The quantitative estimate of drug-likeness (QED) is 0.782. The summed E-state index contributed by atoms with van der Waals surface area (Å²) in [6.07, 6.45) is 2.24. The van der Waals surface area contributed by atoms with Gasteiger partial charge < -0.3 is 10.2 Å². The van der Waals surface area contributed by atoms with Crippen LogP contribution in [0, 0.1) is 5.82 Å². The van der Waals surface area contributed by atoms with E-state index in [2.05, 4.69) is 26.1 Å². The van der Waals surface area contributed by atoms with Crippen LogP contribution in [0.15, 0.2) is 40.9 Å². The van der Waals surface area contributed by atoms with Crippen molar-refractivity contribution in [3.8, 4) is 0 Å². The predicted molar refractivity (Wildman–Crippen MR) is 95.0 cm³/mol. The molecule has 0 atom stereocenters. The molecular weight excluding hydrogens is 383 g/mol. The highest BCUT2D eigenvalue weighted by Crippen LogP contribution is 2.32. The Morgan fingerprint density at radius 1 is 1.17 bits per heavy atom. The lowest BCUT2D eigenvalue weighted by molar-refractivity contribution is 0.102. The first-order valence-electron chi connectivity index (χ1n) is 7.35. The molecule has 0 spiro atoms. The molecule has 23 heavy (non-hydrogen) atoms. The molecule has 0 unspecified atom stereocenters. The highest BCUT2D eigenvalue weighted by atomic mass is 79.9. The van der Waals surface area contributed by atoms with E-state index >= 15 is 0 Å². The average molecular weight is 398 g/mol. The van der Waals surface area contributed by atoms with Crippen LogP contribution in [0.1, 0.15) is 23.2 Å². The Bertz CT molecular complexity index is 747. The molecule has 0 bridgehead atoms. The van der Waals surface area contributed by atoms with Crippen molar-refractivity contribution < 1.29 is 9.18 Å². The summed E-state index contributed by atoms with van der Waals surface area (Å²) >= 11 is 9.31. The number of hydrogen-bond acceptors (Lipinski definition) is 2. The smallest absolute Gasteiger partial charge is 0.258 e. The lowest BCUT2D eigenvalue weighted by Crippen LogP contribution is -2.21. The molecule has 2 aromatic rings. The largest absolute Gasteiger partial charge is 0.370 e. The summed E-state index contributed by atoms with van der Waals surface area (Å²) in [5.41, 5.74) is 1.51. The minimum Gasteiger partial charge on any atom is -0.370 e. The molecule has 0 saturated carbocycles. The topological polar surface area (TPSA) is 32.3 Å². The van der Waals surface area contributed by atoms with Crippen LogP contribution in [0.5, 0.6) is 0 Å². The van der Waals surface area contributed by atoms with Crippen molar-refractivity contribution in [3.05, 3.63) is 57.3 Å². The lowest BCUT2D eigenvalue weighted by Gasteiger charge is -2.22. The van der Waals surface area contributed by atoms with E-state index in [1.807, 2.05) is 6.07 Å². The monoisotopic (exact) mass is 396 g/mol. The van der Waals surface area contributed by atoms with Crippen LogP contribution in [-0.4, -0.2) is 19.0 Å². The van der Waals surface area contributed by atoms with Gasteiger partial charge >= 0.3 is 0 Å². The second-order valence-electron chi connectivity index (χ2n) is 5.43. The highest BCUT2D eigenvalue weighted by molar-refractivity contribution is 9.10. The maximum Gasteiger partial charge on any atom is 0.258 e. The van der Waals surface area contributed by atoms with Crippen molar-refractivity contribution in [2.75, 3.05) is 23.3 Å². The van der Waals surface area contributed by atoms with Crippen molar-refractivity contribution in [1.82, 2.24) is 0 Å². The maximum atomic E-state index is 13.9. The molecule has 1 fully saturated rings. The average Bonchev–Trinajstić information content (AvgIpc) is 3.04. The first-order chi connectivity index (χ1) is 11.0. The SMILES string of the molecule is O=C(Nc1cc(Cl)ccc1N1CCCC1)c1cc(Br)ccc1F. The van der Waals surface area contributed by atoms with Gasteiger partial charge in [0.2, 0.25) is 0 Å². The number of carbonyl (C=O) groups is 1. The van der Waals surface area contributed by atoms with E-state index in [9.17, 15) is 9.18 Å². The van der Waals surface area contributed by atoms with Crippen LogP contribution in [0.25, 0.3) is 0 Å². The third kappa shape index (κ3) is 3.67. The number of rotatable bonds is 3. The molecule has 3 rings (SSSR count). The van der Waals surface area contributed by atoms with Crippen LogP contribution < -0.4 is 10.2 Å². The normalized spacial score (nSPS) is 14.1. The summed E-state index contributed by atoms with van der Waals surface area (Å²) in [7, 11) is 0. The van der Waals surface area contributed by atoms with Gasteiger partial charge in [-0.05, 0) is 49.2 Å². The lowest BCUT2D eigenvalue weighted by atomic mass is 10.2. The van der Waals surface area contributed by atoms with Crippen molar-refractivity contribution in [2.24, 2.45) is 0 Å². The van der Waals surface area contributed by atoms with Gasteiger partial charge in [-0.2, -0.15) is 0 Å². The van der Waals surface area contributed by atoms with Gasteiger partial charge in [-0.25, -0.2) is 4.39 Å². The summed E-state index contributed by atoms with van der Waals surface area (Å²) in [5, 5.41) is 3.31. The van der Waals surface area contributed by atoms with Gasteiger partial charge in [0.05, 0.1) is 16.9 Å². The fourth-order valence-electron chi connectivity index (χ4n) is 2.70. The third-order valence-electron chi connectivity index (χ3n) is 3.83. The Balaban J connectivity index is 1.91. The molecule has 120 valence electrons. The number of halogens is 3. The minimum absolute atomic E-state index is 0.00766. The maximum absolute atomic E-state index is 13.9. The van der Waals surface area contributed by atoms with E-state index < -0.39 is 11.7 Å². The van der Waals surface area contributed by atoms with Crippen molar-refractivity contribution in [1.29, 1.82) is 0 Å². The predicted octanol–water partition coefficient (Wildman–Crippen LogP) is 5.09. The fourth-order valence-corrected chi connectivity index (χ4v) is 3.24. The first-order valence-corrected chi connectivity index (χ1v) is 8.52. The van der Waals surface area contributed by atoms with Crippen molar-refractivity contribution >= 4 is 44.8 Å². The van der Waals surface area contributed by atoms with E-state index in [1.165, 1.54) is 12.1 Å². The van der Waals surface area contributed by atoms with Crippen LogP contribution in [0.2, 0.25) is 5.02 Å². The number of hydrogen-bond donors (Lipinski definition) is 1. The molecule has 0 radical (unpaired) electrons. The third-order valence-corrected chi connectivity index (χ3v) is 4.55. The summed E-state index contributed by atoms with van der Waals surface area (Å²) in [6, 6.07) is 9.67. The Hall–Kier alpha value is -1.59. The Kier molecular flexibility index (Phi) is 4.87. The van der Waals surface area contributed by atoms with Gasteiger partial charge in [-0.15, -0.1) is 0 Å². The van der Waals surface area contributed by atoms with Gasteiger partial charge in [0.25, 0.3) is 5.91 Å². The first kappa shape index (κ1) is 16.3. The van der Waals surface area contributed by atoms with E-state index in [4.69, 9.17) is 11.6 Å². The molecule has 0 aliphatic carbocycles. The van der Waals surface area contributed by atoms with Crippen LogP contribution in [-0.2, 0) is 0 Å². The molecule has 1 aliphatic rings. The van der Waals surface area contributed by atoms with Gasteiger partial charge in [-0.3, -0.25) is 4.79 Å². The van der Waals surface area contributed by atoms with E-state index in [0.717, 1.165) is 31.6 Å². The minimum atomic E-state index is -0.560. The zero-order chi connectivity index (χ0) is 16.4. The van der Waals surface area contributed by atoms with E-state index in [1.54, 1.807) is 18.2 Å². The summed E-state index contributed by atoms with van der Waals surface area (Å²) in [6.45, 7) is 1.88. The highest BCUT2D eigenvalue weighted by Gasteiger charge is 2.19. The van der Waals surface area contributed by atoms with Gasteiger partial charge in [-0.1, -0.05) is 27.5 Å². The number of nitrogens with one attached hydrogen (secondary N) is 1. The van der Waals surface area contributed by atoms with Crippen LogP contribution in [0.3, 0.4) is 0 Å². The standard InChI is InChI=1S/C17H15BrClFN2O/c18-11-3-5-14(20)13(9-11)17(23)21-15-10-12(19)4-6-16(15)22-7-1-2-8-22/h3-6,9-10H,1-2,7-8H2,(H,21,23). The Labute approximate surface area is 147 Å². The summed E-state index contributed by atoms with van der Waals surface area (Å²) in [5.74, 6) is -1.05. The number of anilines is 2. The zero-order valence-corrected chi connectivity index (χ0v) is 14.6. The molecule has 1 saturated heterocycles. The number of carbonyl (C=O) groups excluding carboxylic acids is 1. The number of nitrogens with zero attached hydrogens (tertiary/aromatic N) is 1. The number of amides is 1. The van der Waals surface area contributed by atoms with Crippen LogP contribution in [0.4, 0.5) is 15.8 Å². The summed E-state index contributed by atoms with van der Waals surface area (Å²) in [4.78, 5) is 14.6. The zero-order valence-electron chi connectivity index (χ0n) is 12.3. The fraction of sp³-hybridized carbons (Fsp3) is 0.235. The molecule has 2 aromatic carbocycles. The van der Waals surface area contributed by atoms with Crippen molar-refractivity contribution in [2.45, 2.75) is 12.8 Å². The second-order valence-corrected chi connectivity index (χ2v) is 6.79. The van der Waals surface area contributed by atoms with Gasteiger partial charge in [0.15, 0.2) is 0 Å². The Morgan fingerprint density at radius 2 is 1.91 bits per heavy atom. The van der Waals surface area contributed by atoms with Gasteiger partial charge in [0.1, 0.15) is 5.82 Å². The molecule has 1 heterocycles. The molecule has 3 nitrogen and oxygen atoms in total. The van der Waals surface area contributed by atoms with E-state index in [0.29, 0.717) is 15.2 Å². The molecule has 1 N–H and O–H groups in total. The summed E-state index contributed by atoms with van der Waals surface area (Å²) < 4.78 is 14.5. The van der Waals surface area contributed by atoms with Gasteiger partial charge in [0, 0.05) is 22.6 Å². The molecular formula is C17H15BrClFN2O. The second kappa shape index (κ2) is 6.89. The molecule has 1 aliphatic heterocycles. The van der Waals surface area contributed by atoms with Crippen LogP contribution >= 0.6 is 27.5 Å². The Morgan fingerprint density at radius 3 is 2.65 bits per heavy atom. The van der Waals surface area contributed by atoms with Crippen molar-refractivity contribution in [3.63, 3.8) is 0 Å².